The first kappa shape index (κ1) is 14.2. The lowest BCUT2D eigenvalue weighted by atomic mass is 10.0. The zero-order chi connectivity index (χ0) is 12.5. The molecule has 0 heterocycles. The molecule has 3 N–H and O–H groups in total. The van der Waals surface area contributed by atoms with Gasteiger partial charge < -0.3 is 15.5 Å². The monoisotopic (exact) mass is 237 g/mol. The minimum absolute atomic E-state index is 0.238. The average molecular weight is 237 g/mol. The number of aliphatic hydroxyl groups excluding tert-OH is 2. The van der Waals surface area contributed by atoms with Gasteiger partial charge in [-0.2, -0.15) is 0 Å². The molecule has 2 atom stereocenters. The minimum Gasteiger partial charge on any atom is -0.396 e. The van der Waals surface area contributed by atoms with Crippen LogP contribution < -0.4 is 5.32 Å². The van der Waals surface area contributed by atoms with E-state index in [1.54, 1.807) is 0 Å². The Labute approximate surface area is 103 Å². The standard InChI is InChI=1S/C14H23NO2/c1-2-12(8-9-16)10-15-11-14(17)13-6-4-3-5-7-13/h3-7,12,14-17H,2,8-11H2,1H3. The van der Waals surface area contributed by atoms with Crippen LogP contribution in [0.15, 0.2) is 30.3 Å². The summed E-state index contributed by atoms with van der Waals surface area (Å²) in [4.78, 5) is 0. The summed E-state index contributed by atoms with van der Waals surface area (Å²) in [5.74, 6) is 0.489. The van der Waals surface area contributed by atoms with Gasteiger partial charge in [-0.3, -0.25) is 0 Å². The minimum atomic E-state index is -0.456. The predicted molar refractivity (Wildman–Crippen MR) is 69.8 cm³/mol. The molecule has 0 aliphatic heterocycles. The predicted octanol–water partition coefficient (Wildman–Crippen LogP) is 1.72. The van der Waals surface area contributed by atoms with E-state index >= 15 is 0 Å². The lowest BCUT2D eigenvalue weighted by molar-refractivity contribution is 0.170. The van der Waals surface area contributed by atoms with Crippen molar-refractivity contribution in [2.24, 2.45) is 5.92 Å². The highest BCUT2D eigenvalue weighted by atomic mass is 16.3. The molecule has 1 aromatic carbocycles. The molecule has 0 aliphatic rings. The van der Waals surface area contributed by atoms with E-state index in [1.165, 1.54) is 0 Å². The number of nitrogens with one attached hydrogen (secondary N) is 1. The van der Waals surface area contributed by atoms with Crippen LogP contribution in [0, 0.1) is 5.92 Å². The van der Waals surface area contributed by atoms with Gasteiger partial charge in [-0.05, 0) is 24.4 Å². The molecule has 0 amide bonds. The van der Waals surface area contributed by atoms with E-state index in [0.29, 0.717) is 12.5 Å². The van der Waals surface area contributed by atoms with E-state index in [-0.39, 0.29) is 6.61 Å². The van der Waals surface area contributed by atoms with E-state index in [2.05, 4.69) is 12.2 Å². The van der Waals surface area contributed by atoms with Gasteiger partial charge in [0.05, 0.1) is 6.10 Å². The number of hydrogen-bond acceptors (Lipinski definition) is 3. The van der Waals surface area contributed by atoms with Gasteiger partial charge in [0.15, 0.2) is 0 Å². The Morgan fingerprint density at radius 2 is 1.88 bits per heavy atom. The summed E-state index contributed by atoms with van der Waals surface area (Å²) >= 11 is 0. The summed E-state index contributed by atoms with van der Waals surface area (Å²) in [7, 11) is 0. The molecule has 0 saturated heterocycles. The number of aliphatic hydroxyl groups is 2. The highest BCUT2D eigenvalue weighted by Crippen LogP contribution is 2.11. The van der Waals surface area contributed by atoms with E-state index in [4.69, 9.17) is 5.11 Å². The molecule has 3 heteroatoms. The maximum Gasteiger partial charge on any atom is 0.0914 e. The van der Waals surface area contributed by atoms with Gasteiger partial charge in [-0.1, -0.05) is 43.7 Å². The Hall–Kier alpha value is -0.900. The van der Waals surface area contributed by atoms with Gasteiger partial charge in [0.25, 0.3) is 0 Å². The lowest BCUT2D eigenvalue weighted by Crippen LogP contribution is -2.27. The van der Waals surface area contributed by atoms with Crippen LogP contribution in [-0.2, 0) is 0 Å². The maximum absolute atomic E-state index is 9.92. The first-order valence-corrected chi connectivity index (χ1v) is 6.32. The van der Waals surface area contributed by atoms with Gasteiger partial charge in [-0.25, -0.2) is 0 Å². The van der Waals surface area contributed by atoms with Gasteiger partial charge in [0.2, 0.25) is 0 Å². The Morgan fingerprint density at radius 3 is 2.47 bits per heavy atom. The van der Waals surface area contributed by atoms with Gasteiger partial charge >= 0.3 is 0 Å². The van der Waals surface area contributed by atoms with Gasteiger partial charge in [0.1, 0.15) is 0 Å². The average Bonchev–Trinajstić information content (AvgIpc) is 2.38. The maximum atomic E-state index is 9.92. The first-order chi connectivity index (χ1) is 8.27. The Morgan fingerprint density at radius 1 is 1.18 bits per heavy atom. The van der Waals surface area contributed by atoms with Crippen molar-refractivity contribution < 1.29 is 10.2 Å². The largest absolute Gasteiger partial charge is 0.396 e. The molecular weight excluding hydrogens is 214 g/mol. The van der Waals surface area contributed by atoms with E-state index < -0.39 is 6.10 Å². The normalized spacial score (nSPS) is 14.5. The smallest absolute Gasteiger partial charge is 0.0914 e. The van der Waals surface area contributed by atoms with Gasteiger partial charge in [0, 0.05) is 13.2 Å². The summed E-state index contributed by atoms with van der Waals surface area (Å²) in [6.45, 7) is 3.77. The molecule has 0 bridgehead atoms. The number of hydrogen-bond donors (Lipinski definition) is 3. The van der Waals surface area contributed by atoms with Crippen LogP contribution in [0.25, 0.3) is 0 Å². The first-order valence-electron chi connectivity index (χ1n) is 6.32. The van der Waals surface area contributed by atoms with Crippen LogP contribution in [0.3, 0.4) is 0 Å². The van der Waals surface area contributed by atoms with Crippen molar-refractivity contribution >= 4 is 0 Å². The van der Waals surface area contributed by atoms with Crippen LogP contribution >= 0.6 is 0 Å². The Bertz CT molecular complexity index is 290. The summed E-state index contributed by atoms with van der Waals surface area (Å²) in [6.07, 6.45) is 1.42. The molecule has 17 heavy (non-hydrogen) atoms. The second kappa shape index (κ2) is 8.23. The highest BCUT2D eigenvalue weighted by molar-refractivity contribution is 5.17. The SMILES string of the molecule is CCC(CCO)CNCC(O)c1ccccc1. The van der Waals surface area contributed by atoms with Crippen LogP contribution in [0.5, 0.6) is 0 Å². The van der Waals surface area contributed by atoms with E-state index in [9.17, 15) is 5.11 Å². The molecule has 1 aromatic rings. The summed E-state index contributed by atoms with van der Waals surface area (Å²) in [5, 5.41) is 22.1. The summed E-state index contributed by atoms with van der Waals surface area (Å²) in [5.41, 5.74) is 0.940. The van der Waals surface area contributed by atoms with Crippen molar-refractivity contribution in [3.05, 3.63) is 35.9 Å². The van der Waals surface area contributed by atoms with E-state index in [0.717, 1.165) is 24.9 Å². The van der Waals surface area contributed by atoms with Crippen molar-refractivity contribution in [1.82, 2.24) is 5.32 Å². The van der Waals surface area contributed by atoms with Crippen LogP contribution in [0.4, 0.5) is 0 Å². The van der Waals surface area contributed by atoms with Crippen molar-refractivity contribution in [1.29, 1.82) is 0 Å². The van der Waals surface area contributed by atoms with Crippen LogP contribution in [0.2, 0.25) is 0 Å². The van der Waals surface area contributed by atoms with Crippen molar-refractivity contribution in [3.8, 4) is 0 Å². The lowest BCUT2D eigenvalue weighted by Gasteiger charge is -2.17. The molecule has 0 radical (unpaired) electrons. The molecule has 2 unspecified atom stereocenters. The van der Waals surface area contributed by atoms with Crippen molar-refractivity contribution in [2.75, 3.05) is 19.7 Å². The molecule has 0 fully saturated rings. The molecule has 3 nitrogen and oxygen atoms in total. The molecule has 0 aliphatic carbocycles. The number of rotatable bonds is 8. The molecule has 96 valence electrons. The zero-order valence-electron chi connectivity index (χ0n) is 10.5. The van der Waals surface area contributed by atoms with Crippen LogP contribution in [0.1, 0.15) is 31.4 Å². The number of benzene rings is 1. The molecular formula is C14H23NO2. The van der Waals surface area contributed by atoms with Crippen molar-refractivity contribution in [3.63, 3.8) is 0 Å². The second-order valence-electron chi connectivity index (χ2n) is 4.37. The van der Waals surface area contributed by atoms with Crippen LogP contribution in [-0.4, -0.2) is 29.9 Å². The Kier molecular flexibility index (Phi) is 6.86. The third-order valence-electron chi connectivity index (χ3n) is 3.07. The van der Waals surface area contributed by atoms with Crippen molar-refractivity contribution in [2.45, 2.75) is 25.9 Å². The fraction of sp³-hybridized carbons (Fsp3) is 0.571. The third-order valence-corrected chi connectivity index (χ3v) is 3.07. The molecule has 1 rings (SSSR count). The quantitative estimate of drug-likeness (QED) is 0.645. The Balaban J connectivity index is 2.26. The molecule has 0 aromatic heterocycles. The van der Waals surface area contributed by atoms with Gasteiger partial charge in [-0.15, -0.1) is 0 Å². The molecule has 0 saturated carbocycles. The third kappa shape index (κ3) is 5.31. The summed E-state index contributed by atoms with van der Waals surface area (Å²) in [6, 6.07) is 9.66. The second-order valence-corrected chi connectivity index (χ2v) is 4.37. The fourth-order valence-corrected chi connectivity index (χ4v) is 1.85. The zero-order valence-corrected chi connectivity index (χ0v) is 10.5. The van der Waals surface area contributed by atoms with E-state index in [1.807, 2.05) is 30.3 Å². The molecule has 0 spiro atoms. The fourth-order valence-electron chi connectivity index (χ4n) is 1.85. The highest BCUT2D eigenvalue weighted by Gasteiger charge is 2.08. The topological polar surface area (TPSA) is 52.5 Å². The summed E-state index contributed by atoms with van der Waals surface area (Å²) < 4.78 is 0.